The average molecular weight is 507 g/mol. The highest BCUT2D eigenvalue weighted by Crippen LogP contribution is 2.42. The molecule has 6 rings (SSSR count). The van der Waals surface area contributed by atoms with Crippen molar-refractivity contribution in [3.05, 3.63) is 89.8 Å². The fourth-order valence-corrected chi connectivity index (χ4v) is 6.02. The summed E-state index contributed by atoms with van der Waals surface area (Å²) in [4.78, 5) is 21.0. The second kappa shape index (κ2) is 9.89. The molecule has 1 aliphatic carbocycles. The molecule has 4 aromatic heterocycles. The van der Waals surface area contributed by atoms with Gasteiger partial charge in [-0.3, -0.25) is 9.78 Å². The smallest absolute Gasteiger partial charge is 0.307 e. The molecule has 0 bridgehead atoms. The molecule has 0 spiro atoms. The number of aryl methyl sites for hydroxylation is 2. The second-order valence-corrected chi connectivity index (χ2v) is 10.3. The van der Waals surface area contributed by atoms with Gasteiger partial charge in [-0.15, -0.1) is 0 Å². The van der Waals surface area contributed by atoms with Gasteiger partial charge in [-0.2, -0.15) is 0 Å². The van der Waals surface area contributed by atoms with E-state index in [1.54, 1.807) is 0 Å². The quantitative estimate of drug-likeness (QED) is 0.262. The fraction of sp³-hybridized carbons (Fsp3) is 0.290. The third-order valence-electron chi connectivity index (χ3n) is 7.75. The lowest BCUT2D eigenvalue weighted by molar-refractivity contribution is -0.136. The molecule has 7 nitrogen and oxygen atoms in total. The molecule has 7 heteroatoms. The van der Waals surface area contributed by atoms with Gasteiger partial charge in [0.1, 0.15) is 11.4 Å². The zero-order valence-corrected chi connectivity index (χ0v) is 21.6. The van der Waals surface area contributed by atoms with Crippen LogP contribution < -0.4 is 0 Å². The van der Waals surface area contributed by atoms with Crippen molar-refractivity contribution in [2.45, 2.75) is 52.0 Å². The highest BCUT2D eigenvalue weighted by atomic mass is 16.5. The van der Waals surface area contributed by atoms with E-state index in [4.69, 9.17) is 14.5 Å². The van der Waals surface area contributed by atoms with Crippen molar-refractivity contribution in [2.75, 3.05) is 0 Å². The van der Waals surface area contributed by atoms with Gasteiger partial charge in [-0.25, -0.2) is 4.98 Å². The van der Waals surface area contributed by atoms with Crippen LogP contribution in [0.2, 0.25) is 0 Å². The maximum absolute atomic E-state index is 11.2. The van der Waals surface area contributed by atoms with Crippen LogP contribution in [0.5, 0.6) is 0 Å². The molecule has 0 aliphatic heterocycles. The molecule has 4 heterocycles. The number of carbonyl (C=O) groups is 1. The van der Waals surface area contributed by atoms with E-state index in [-0.39, 0.29) is 12.5 Å². The number of hydrogen-bond acceptors (Lipinski definition) is 5. The van der Waals surface area contributed by atoms with Crippen molar-refractivity contribution in [3.8, 4) is 22.3 Å². The predicted molar refractivity (Wildman–Crippen MR) is 146 cm³/mol. The Morgan fingerprint density at radius 2 is 1.87 bits per heavy atom. The molecule has 0 amide bonds. The topological polar surface area (TPSA) is 94.0 Å². The van der Waals surface area contributed by atoms with Crippen molar-refractivity contribution >= 4 is 17.0 Å². The van der Waals surface area contributed by atoms with Crippen LogP contribution in [0.3, 0.4) is 0 Å². The Hall–Kier alpha value is -4.26. The highest BCUT2D eigenvalue weighted by molar-refractivity contribution is 5.96. The number of carboxylic acid groups (broad SMARTS) is 1. The van der Waals surface area contributed by atoms with E-state index in [1.165, 1.54) is 12.8 Å². The summed E-state index contributed by atoms with van der Waals surface area (Å²) in [5.41, 5.74) is 7.58. The molecule has 1 aromatic carbocycles. The van der Waals surface area contributed by atoms with Crippen LogP contribution in [0.1, 0.15) is 54.4 Å². The van der Waals surface area contributed by atoms with E-state index in [9.17, 15) is 9.90 Å². The number of pyridine rings is 2. The van der Waals surface area contributed by atoms with E-state index < -0.39 is 5.97 Å². The van der Waals surface area contributed by atoms with Crippen LogP contribution in [0.25, 0.3) is 33.3 Å². The first-order chi connectivity index (χ1) is 18.5. The van der Waals surface area contributed by atoms with Gasteiger partial charge in [0, 0.05) is 40.7 Å². The maximum Gasteiger partial charge on any atom is 0.307 e. The fourth-order valence-electron chi connectivity index (χ4n) is 6.02. The SMILES string of the molecule is Cc1noc(C)c1-c1cnc2c(c1)c(-c1ccc(CC(=O)O)cc1)cn2C(c1ccccn1)C1CCCC1. The summed E-state index contributed by atoms with van der Waals surface area (Å²) in [5, 5.41) is 14.4. The minimum absolute atomic E-state index is 0.00319. The number of benzene rings is 1. The minimum Gasteiger partial charge on any atom is -0.481 e. The van der Waals surface area contributed by atoms with E-state index in [0.29, 0.717) is 5.92 Å². The Bertz CT molecular complexity index is 1580. The Balaban J connectivity index is 1.56. The zero-order chi connectivity index (χ0) is 26.2. The molecule has 38 heavy (non-hydrogen) atoms. The van der Waals surface area contributed by atoms with Crippen molar-refractivity contribution in [1.29, 1.82) is 0 Å². The van der Waals surface area contributed by atoms with Gasteiger partial charge in [0.2, 0.25) is 0 Å². The number of hydrogen-bond donors (Lipinski definition) is 1. The third-order valence-corrected chi connectivity index (χ3v) is 7.75. The van der Waals surface area contributed by atoms with Gasteiger partial charge in [0.25, 0.3) is 0 Å². The Kier molecular flexibility index (Phi) is 6.27. The molecule has 0 radical (unpaired) electrons. The molecule has 192 valence electrons. The Labute approximate surface area is 221 Å². The lowest BCUT2D eigenvalue weighted by Gasteiger charge is -2.25. The Morgan fingerprint density at radius 1 is 1.08 bits per heavy atom. The molecule has 5 aromatic rings. The van der Waals surface area contributed by atoms with Gasteiger partial charge >= 0.3 is 5.97 Å². The first kappa shape index (κ1) is 24.1. The molecular weight excluding hydrogens is 476 g/mol. The lowest BCUT2D eigenvalue weighted by atomic mass is 9.94. The maximum atomic E-state index is 11.2. The molecule has 1 atom stereocenters. The summed E-state index contributed by atoms with van der Waals surface area (Å²) >= 11 is 0. The predicted octanol–water partition coefficient (Wildman–Crippen LogP) is 6.78. The minimum atomic E-state index is -0.836. The lowest BCUT2D eigenvalue weighted by Crippen LogP contribution is -2.19. The van der Waals surface area contributed by atoms with E-state index in [0.717, 1.165) is 68.8 Å². The van der Waals surface area contributed by atoms with Crippen molar-refractivity contribution in [2.24, 2.45) is 5.92 Å². The monoisotopic (exact) mass is 506 g/mol. The first-order valence-electron chi connectivity index (χ1n) is 13.2. The molecule has 1 N–H and O–H groups in total. The van der Waals surface area contributed by atoms with Crippen LogP contribution in [0.15, 0.2) is 71.6 Å². The molecule has 1 aliphatic rings. The first-order valence-corrected chi connectivity index (χ1v) is 13.2. The summed E-state index contributed by atoms with van der Waals surface area (Å²) in [5.74, 6) is 0.410. The number of fused-ring (bicyclic) bond motifs is 1. The highest BCUT2D eigenvalue weighted by Gasteiger charge is 2.31. The summed E-state index contributed by atoms with van der Waals surface area (Å²) < 4.78 is 7.76. The largest absolute Gasteiger partial charge is 0.481 e. The normalized spacial score (nSPS) is 14.8. The number of aromatic nitrogens is 4. The number of carboxylic acids is 1. The average Bonchev–Trinajstić information content (AvgIpc) is 3.65. The van der Waals surface area contributed by atoms with E-state index in [2.05, 4.69) is 34.1 Å². The van der Waals surface area contributed by atoms with Crippen LogP contribution in [0.4, 0.5) is 0 Å². The number of nitrogens with zero attached hydrogens (tertiary/aromatic N) is 4. The van der Waals surface area contributed by atoms with Crippen LogP contribution in [0, 0.1) is 19.8 Å². The van der Waals surface area contributed by atoms with Gasteiger partial charge in [-0.05, 0) is 61.9 Å². The summed E-state index contributed by atoms with van der Waals surface area (Å²) in [7, 11) is 0. The van der Waals surface area contributed by atoms with Gasteiger partial charge in [-0.1, -0.05) is 48.3 Å². The van der Waals surface area contributed by atoms with Gasteiger partial charge in [0.05, 0.1) is 23.9 Å². The summed E-state index contributed by atoms with van der Waals surface area (Å²) in [6.07, 6.45) is 10.8. The van der Waals surface area contributed by atoms with E-state index in [1.807, 2.05) is 56.6 Å². The van der Waals surface area contributed by atoms with Crippen molar-refractivity contribution < 1.29 is 14.4 Å². The number of rotatable bonds is 7. The zero-order valence-electron chi connectivity index (χ0n) is 21.6. The third kappa shape index (κ3) is 4.38. The molecule has 1 unspecified atom stereocenters. The van der Waals surface area contributed by atoms with Crippen molar-refractivity contribution in [1.82, 2.24) is 19.7 Å². The van der Waals surface area contributed by atoms with Crippen LogP contribution in [-0.2, 0) is 11.2 Å². The molecular formula is C31H30N4O3. The standard InChI is InChI=1S/C31H30N4O3/c1-19-29(20(2)38-34-19)24-16-25-26(22-12-10-21(11-13-22)15-28(36)37)18-35(31(25)33-17-24)30(23-7-3-4-8-23)27-9-5-6-14-32-27/h5-6,9-14,16-18,23,30H,3-4,7-8,15H2,1-2H3,(H,36,37). The van der Waals surface area contributed by atoms with E-state index >= 15 is 0 Å². The van der Waals surface area contributed by atoms with Crippen molar-refractivity contribution in [3.63, 3.8) is 0 Å². The van der Waals surface area contributed by atoms with Crippen LogP contribution >= 0.6 is 0 Å². The van der Waals surface area contributed by atoms with Crippen LogP contribution in [-0.4, -0.2) is 30.8 Å². The Morgan fingerprint density at radius 3 is 2.53 bits per heavy atom. The summed E-state index contributed by atoms with van der Waals surface area (Å²) in [6, 6.07) is 16.2. The second-order valence-electron chi connectivity index (χ2n) is 10.3. The summed E-state index contributed by atoms with van der Waals surface area (Å²) in [6.45, 7) is 3.87. The molecule has 1 fully saturated rings. The van der Waals surface area contributed by atoms with Gasteiger partial charge < -0.3 is 14.2 Å². The molecule has 1 saturated carbocycles. The van der Waals surface area contributed by atoms with Gasteiger partial charge in [0.15, 0.2) is 0 Å². The molecule has 0 saturated heterocycles. The number of aliphatic carboxylic acids is 1.